The first-order valence-corrected chi connectivity index (χ1v) is 6.97. The van der Waals surface area contributed by atoms with Gasteiger partial charge < -0.3 is 9.30 Å². The average Bonchev–Trinajstić information content (AvgIpc) is 2.87. The Hall–Kier alpha value is -2.00. The van der Waals surface area contributed by atoms with E-state index >= 15 is 0 Å². The quantitative estimate of drug-likeness (QED) is 0.715. The number of rotatable bonds is 4. The summed E-state index contributed by atoms with van der Waals surface area (Å²) in [5.74, 6) is 0.693. The fourth-order valence-corrected chi connectivity index (χ4v) is 2.37. The highest BCUT2D eigenvalue weighted by atomic mass is 35.5. The molecule has 1 aromatic heterocycles. The topological polar surface area (TPSA) is 27.1 Å². The summed E-state index contributed by atoms with van der Waals surface area (Å²) < 4.78 is 7.90. The molecule has 0 saturated carbocycles. The Kier molecular flexibility index (Phi) is 3.61. The van der Waals surface area contributed by atoms with Crippen molar-refractivity contribution in [3.63, 3.8) is 0 Å². The van der Waals surface area contributed by atoms with Gasteiger partial charge in [0.25, 0.3) is 0 Å². The second kappa shape index (κ2) is 5.55. The maximum Gasteiger partial charge on any atom is 0.140 e. The molecule has 3 nitrogen and oxygen atoms in total. The predicted molar refractivity (Wildman–Crippen MR) is 81.2 cm³/mol. The van der Waals surface area contributed by atoms with E-state index in [-0.39, 0.29) is 0 Å². The van der Waals surface area contributed by atoms with Crippen LogP contribution in [0.3, 0.4) is 0 Å². The van der Waals surface area contributed by atoms with Crippen molar-refractivity contribution in [2.24, 2.45) is 0 Å². The molecule has 0 fully saturated rings. The Morgan fingerprint density at radius 2 is 2.00 bits per heavy atom. The van der Waals surface area contributed by atoms with Crippen LogP contribution < -0.4 is 4.74 Å². The summed E-state index contributed by atoms with van der Waals surface area (Å²) in [7, 11) is 0. The molecule has 3 aromatic rings. The van der Waals surface area contributed by atoms with E-state index in [0.717, 1.165) is 23.1 Å². The monoisotopic (exact) mass is 286 g/mol. The maximum atomic E-state index is 6.25. The van der Waals surface area contributed by atoms with Gasteiger partial charge in [-0.15, -0.1) is 0 Å². The average molecular weight is 287 g/mol. The highest BCUT2D eigenvalue weighted by Gasteiger charge is 2.08. The van der Waals surface area contributed by atoms with Gasteiger partial charge in [0.2, 0.25) is 0 Å². The van der Waals surface area contributed by atoms with Crippen LogP contribution >= 0.6 is 11.6 Å². The Morgan fingerprint density at radius 3 is 2.75 bits per heavy atom. The lowest BCUT2D eigenvalue weighted by molar-refractivity contribution is 0.307. The summed E-state index contributed by atoms with van der Waals surface area (Å²) in [6.45, 7) is 3.46. The number of imidazole rings is 1. The van der Waals surface area contributed by atoms with Gasteiger partial charge in [-0.05, 0) is 18.6 Å². The van der Waals surface area contributed by atoms with Crippen molar-refractivity contribution < 1.29 is 4.74 Å². The van der Waals surface area contributed by atoms with Gasteiger partial charge in [-0.25, -0.2) is 4.98 Å². The molecular formula is C16H15ClN2O. The standard InChI is InChI=1S/C16H15ClN2O/c1-2-19-11-18-14-8-13(17)16(9-15(14)19)20-10-12-6-4-3-5-7-12/h3-9,11H,2,10H2,1H3. The number of nitrogens with zero attached hydrogens (tertiary/aromatic N) is 2. The highest BCUT2D eigenvalue weighted by molar-refractivity contribution is 6.32. The predicted octanol–water partition coefficient (Wildman–Crippen LogP) is 4.29. The van der Waals surface area contributed by atoms with Crippen LogP contribution in [0.1, 0.15) is 12.5 Å². The molecule has 0 spiro atoms. The first-order chi connectivity index (χ1) is 9.78. The number of fused-ring (bicyclic) bond motifs is 1. The molecule has 0 aliphatic carbocycles. The second-order valence-corrected chi connectivity index (χ2v) is 4.98. The van der Waals surface area contributed by atoms with E-state index in [1.165, 1.54) is 0 Å². The van der Waals surface area contributed by atoms with Crippen LogP contribution in [0.2, 0.25) is 5.02 Å². The molecule has 0 amide bonds. The molecule has 0 aliphatic rings. The van der Waals surface area contributed by atoms with Crippen LogP contribution in [-0.2, 0) is 13.2 Å². The molecular weight excluding hydrogens is 272 g/mol. The lowest BCUT2D eigenvalue weighted by atomic mass is 10.2. The van der Waals surface area contributed by atoms with Crippen LogP contribution in [0.25, 0.3) is 11.0 Å². The molecule has 2 aromatic carbocycles. The first kappa shape index (κ1) is 13.0. The van der Waals surface area contributed by atoms with Gasteiger partial charge in [0.05, 0.1) is 22.4 Å². The van der Waals surface area contributed by atoms with Gasteiger partial charge in [0, 0.05) is 12.6 Å². The minimum absolute atomic E-state index is 0.506. The van der Waals surface area contributed by atoms with Crippen molar-refractivity contribution >= 4 is 22.6 Å². The van der Waals surface area contributed by atoms with Crippen molar-refractivity contribution in [1.29, 1.82) is 0 Å². The summed E-state index contributed by atoms with van der Waals surface area (Å²) in [6.07, 6.45) is 1.82. The molecule has 4 heteroatoms. The summed E-state index contributed by atoms with van der Waals surface area (Å²) in [5.41, 5.74) is 3.05. The molecule has 0 bridgehead atoms. The SMILES string of the molecule is CCn1cnc2cc(Cl)c(OCc3ccccc3)cc21. The van der Waals surface area contributed by atoms with Crippen molar-refractivity contribution in [3.05, 3.63) is 59.4 Å². The number of aryl methyl sites for hydroxylation is 1. The number of benzene rings is 2. The molecule has 0 atom stereocenters. The van der Waals surface area contributed by atoms with E-state index in [1.807, 2.05) is 48.8 Å². The zero-order chi connectivity index (χ0) is 13.9. The third-order valence-corrected chi connectivity index (χ3v) is 3.55. The Labute approximate surface area is 122 Å². The molecule has 3 rings (SSSR count). The van der Waals surface area contributed by atoms with E-state index < -0.39 is 0 Å². The van der Waals surface area contributed by atoms with Gasteiger partial charge >= 0.3 is 0 Å². The Morgan fingerprint density at radius 1 is 1.20 bits per heavy atom. The minimum Gasteiger partial charge on any atom is -0.487 e. The maximum absolute atomic E-state index is 6.25. The minimum atomic E-state index is 0.506. The largest absolute Gasteiger partial charge is 0.487 e. The van der Waals surface area contributed by atoms with Gasteiger partial charge in [-0.3, -0.25) is 0 Å². The van der Waals surface area contributed by atoms with Crippen LogP contribution in [-0.4, -0.2) is 9.55 Å². The normalized spacial score (nSPS) is 10.9. The zero-order valence-corrected chi connectivity index (χ0v) is 12.0. The van der Waals surface area contributed by atoms with E-state index in [0.29, 0.717) is 17.4 Å². The van der Waals surface area contributed by atoms with E-state index in [1.54, 1.807) is 0 Å². The third kappa shape index (κ3) is 2.49. The molecule has 0 saturated heterocycles. The van der Waals surface area contributed by atoms with Gasteiger partial charge in [-0.2, -0.15) is 0 Å². The number of halogens is 1. The third-order valence-electron chi connectivity index (χ3n) is 3.25. The molecule has 102 valence electrons. The molecule has 0 unspecified atom stereocenters. The highest BCUT2D eigenvalue weighted by Crippen LogP contribution is 2.30. The first-order valence-electron chi connectivity index (χ1n) is 6.59. The van der Waals surface area contributed by atoms with Crippen LogP contribution in [0, 0.1) is 0 Å². The lowest BCUT2D eigenvalue weighted by Crippen LogP contribution is -1.97. The lowest BCUT2D eigenvalue weighted by Gasteiger charge is -2.09. The zero-order valence-electron chi connectivity index (χ0n) is 11.2. The van der Waals surface area contributed by atoms with Gasteiger partial charge in [0.1, 0.15) is 12.4 Å². The van der Waals surface area contributed by atoms with Crippen LogP contribution in [0.4, 0.5) is 0 Å². The summed E-state index contributed by atoms with van der Waals surface area (Å²) in [6, 6.07) is 13.8. The van der Waals surface area contributed by atoms with Crippen molar-refractivity contribution in [1.82, 2.24) is 9.55 Å². The summed E-state index contributed by atoms with van der Waals surface area (Å²) >= 11 is 6.25. The van der Waals surface area contributed by atoms with Crippen LogP contribution in [0.5, 0.6) is 5.75 Å². The summed E-state index contributed by atoms with van der Waals surface area (Å²) in [5, 5.41) is 0.592. The van der Waals surface area contributed by atoms with Crippen molar-refractivity contribution in [3.8, 4) is 5.75 Å². The molecule has 1 heterocycles. The summed E-state index contributed by atoms with van der Waals surface area (Å²) in [4.78, 5) is 4.33. The molecule has 0 aliphatic heterocycles. The number of hydrogen-bond donors (Lipinski definition) is 0. The smallest absolute Gasteiger partial charge is 0.140 e. The molecule has 0 N–H and O–H groups in total. The number of aromatic nitrogens is 2. The van der Waals surface area contributed by atoms with E-state index in [2.05, 4.69) is 16.5 Å². The van der Waals surface area contributed by atoms with Gasteiger partial charge in [0.15, 0.2) is 0 Å². The number of ether oxygens (including phenoxy) is 1. The number of hydrogen-bond acceptors (Lipinski definition) is 2. The fourth-order valence-electron chi connectivity index (χ4n) is 2.16. The van der Waals surface area contributed by atoms with E-state index in [9.17, 15) is 0 Å². The van der Waals surface area contributed by atoms with Crippen LogP contribution in [0.15, 0.2) is 48.8 Å². The fraction of sp³-hybridized carbons (Fsp3) is 0.188. The molecule has 0 radical (unpaired) electrons. The van der Waals surface area contributed by atoms with Crippen molar-refractivity contribution in [2.45, 2.75) is 20.1 Å². The molecule has 20 heavy (non-hydrogen) atoms. The Bertz CT molecular complexity index is 722. The Balaban J connectivity index is 1.89. The van der Waals surface area contributed by atoms with Gasteiger partial charge in [-0.1, -0.05) is 41.9 Å². The van der Waals surface area contributed by atoms with E-state index in [4.69, 9.17) is 16.3 Å². The van der Waals surface area contributed by atoms with Crippen molar-refractivity contribution in [2.75, 3.05) is 0 Å². The second-order valence-electron chi connectivity index (χ2n) is 4.58.